The van der Waals surface area contributed by atoms with Gasteiger partial charge >= 0.3 is 0 Å². The highest BCUT2D eigenvalue weighted by Crippen LogP contribution is 2.25. The summed E-state index contributed by atoms with van der Waals surface area (Å²) >= 11 is 6.18. The second kappa shape index (κ2) is 13.6. The Hall–Kier alpha value is -3.36. The van der Waals surface area contributed by atoms with E-state index in [4.69, 9.17) is 11.6 Å². The number of aryl methyl sites for hydroxylation is 2. The Morgan fingerprint density at radius 2 is 1.56 bits per heavy atom. The smallest absolute Gasteiger partial charge is 0.264 e. The third-order valence-electron chi connectivity index (χ3n) is 6.45. The molecule has 0 bridgehead atoms. The van der Waals surface area contributed by atoms with E-state index >= 15 is 0 Å². The highest BCUT2D eigenvalue weighted by atomic mass is 35.5. The molecule has 1 atom stereocenters. The van der Waals surface area contributed by atoms with Crippen LogP contribution in [0.3, 0.4) is 0 Å². The average molecular weight is 570 g/mol. The molecule has 0 saturated heterocycles. The van der Waals surface area contributed by atoms with Gasteiger partial charge in [-0.15, -0.1) is 0 Å². The predicted octanol–water partition coefficient (Wildman–Crippen LogP) is 5.49. The van der Waals surface area contributed by atoms with Gasteiger partial charge in [0, 0.05) is 18.1 Å². The maximum Gasteiger partial charge on any atom is 0.264 e. The molecule has 0 saturated carbocycles. The van der Waals surface area contributed by atoms with Crippen molar-refractivity contribution in [3.63, 3.8) is 0 Å². The van der Waals surface area contributed by atoms with Crippen molar-refractivity contribution in [1.82, 2.24) is 10.2 Å². The number of amides is 2. The summed E-state index contributed by atoms with van der Waals surface area (Å²) in [5.41, 5.74) is 2.96. The second-order valence-corrected chi connectivity index (χ2v) is 11.9. The fourth-order valence-electron chi connectivity index (χ4n) is 4.03. The van der Waals surface area contributed by atoms with Crippen LogP contribution >= 0.6 is 11.6 Å². The Morgan fingerprint density at radius 1 is 0.949 bits per heavy atom. The number of halogens is 1. The van der Waals surface area contributed by atoms with Crippen molar-refractivity contribution >= 4 is 39.1 Å². The van der Waals surface area contributed by atoms with Crippen LogP contribution in [0, 0.1) is 13.8 Å². The van der Waals surface area contributed by atoms with Crippen LogP contribution in [0.4, 0.5) is 5.69 Å². The first-order valence-electron chi connectivity index (χ1n) is 13.0. The van der Waals surface area contributed by atoms with Crippen molar-refractivity contribution in [3.8, 4) is 0 Å². The Balaban J connectivity index is 1.99. The fourth-order valence-corrected chi connectivity index (χ4v) is 5.65. The molecule has 7 nitrogen and oxygen atoms in total. The Labute approximate surface area is 236 Å². The highest BCUT2D eigenvalue weighted by Gasteiger charge is 2.32. The number of carbonyl (C=O) groups excluding carboxylic acids is 2. The number of carbonyl (C=O) groups is 2. The summed E-state index contributed by atoms with van der Waals surface area (Å²) in [5, 5.41) is 3.38. The number of sulfonamides is 1. The van der Waals surface area contributed by atoms with Crippen LogP contribution in [0.15, 0.2) is 77.7 Å². The minimum Gasteiger partial charge on any atom is -0.354 e. The molecule has 9 heteroatoms. The van der Waals surface area contributed by atoms with Gasteiger partial charge in [0.2, 0.25) is 11.8 Å². The first kappa shape index (κ1) is 30.2. The zero-order chi connectivity index (χ0) is 28.6. The van der Waals surface area contributed by atoms with Crippen LogP contribution in [-0.4, -0.2) is 44.3 Å². The van der Waals surface area contributed by atoms with Crippen LogP contribution in [0.1, 0.15) is 43.4 Å². The minimum absolute atomic E-state index is 0.0771. The molecule has 3 aromatic carbocycles. The van der Waals surface area contributed by atoms with E-state index in [9.17, 15) is 18.0 Å². The molecule has 0 radical (unpaired) electrons. The SMILES string of the molecule is CCCCNC(=O)[C@H](C)N(Cc1cccc(Cl)c1)C(=O)CN(c1ccc(C)cc1)S(=O)(=O)c1ccc(C)cc1. The third kappa shape index (κ3) is 8.07. The molecule has 0 aromatic heterocycles. The van der Waals surface area contributed by atoms with E-state index in [1.165, 1.54) is 17.0 Å². The average Bonchev–Trinajstić information content (AvgIpc) is 2.90. The van der Waals surface area contributed by atoms with E-state index in [1.54, 1.807) is 61.5 Å². The normalized spacial score (nSPS) is 12.0. The van der Waals surface area contributed by atoms with Crippen LogP contribution < -0.4 is 9.62 Å². The van der Waals surface area contributed by atoms with Gasteiger partial charge in [-0.05, 0) is 69.2 Å². The number of anilines is 1. The van der Waals surface area contributed by atoms with Gasteiger partial charge in [-0.1, -0.05) is 72.5 Å². The van der Waals surface area contributed by atoms with Gasteiger partial charge in [0.05, 0.1) is 10.6 Å². The molecule has 2 amide bonds. The summed E-state index contributed by atoms with van der Waals surface area (Å²) in [4.78, 5) is 28.4. The molecule has 0 aliphatic rings. The molecule has 0 spiro atoms. The molecule has 1 N–H and O–H groups in total. The van der Waals surface area contributed by atoms with Crippen molar-refractivity contribution in [2.45, 2.75) is 58.0 Å². The summed E-state index contributed by atoms with van der Waals surface area (Å²) in [6.45, 7) is 7.56. The Morgan fingerprint density at radius 3 is 2.15 bits per heavy atom. The molecule has 3 aromatic rings. The van der Waals surface area contributed by atoms with E-state index in [0.717, 1.165) is 33.8 Å². The number of unbranched alkanes of at least 4 members (excludes halogenated alkanes) is 1. The van der Waals surface area contributed by atoms with Crippen molar-refractivity contribution in [3.05, 3.63) is 94.5 Å². The fraction of sp³-hybridized carbons (Fsp3) is 0.333. The minimum atomic E-state index is -4.09. The molecular formula is C30H36ClN3O4S. The maximum absolute atomic E-state index is 13.9. The van der Waals surface area contributed by atoms with Crippen molar-refractivity contribution in [2.75, 3.05) is 17.4 Å². The van der Waals surface area contributed by atoms with Gasteiger partial charge in [-0.25, -0.2) is 8.42 Å². The van der Waals surface area contributed by atoms with Crippen molar-refractivity contribution < 1.29 is 18.0 Å². The molecule has 39 heavy (non-hydrogen) atoms. The van der Waals surface area contributed by atoms with Gasteiger partial charge in [0.25, 0.3) is 10.0 Å². The lowest BCUT2D eigenvalue weighted by Gasteiger charge is -2.32. The summed E-state index contributed by atoms with van der Waals surface area (Å²) in [7, 11) is -4.09. The molecular weight excluding hydrogens is 534 g/mol. The van der Waals surface area contributed by atoms with E-state index in [-0.39, 0.29) is 17.3 Å². The number of nitrogens with zero attached hydrogens (tertiary/aromatic N) is 2. The van der Waals surface area contributed by atoms with Crippen LogP contribution in [-0.2, 0) is 26.2 Å². The second-order valence-electron chi connectivity index (χ2n) is 9.63. The summed E-state index contributed by atoms with van der Waals surface area (Å²) < 4.78 is 28.8. The Bertz CT molecular complexity index is 1380. The lowest BCUT2D eigenvalue weighted by atomic mass is 10.1. The van der Waals surface area contributed by atoms with Gasteiger partial charge in [0.15, 0.2) is 0 Å². The van der Waals surface area contributed by atoms with Gasteiger partial charge in [-0.3, -0.25) is 13.9 Å². The molecule has 0 aliphatic carbocycles. The van der Waals surface area contributed by atoms with Crippen molar-refractivity contribution in [2.24, 2.45) is 0 Å². The third-order valence-corrected chi connectivity index (χ3v) is 8.47. The molecule has 208 valence electrons. The summed E-state index contributed by atoms with van der Waals surface area (Å²) in [6.07, 6.45) is 1.74. The molecule has 0 aliphatic heterocycles. The summed E-state index contributed by atoms with van der Waals surface area (Å²) in [6, 6.07) is 19.6. The Kier molecular flexibility index (Phi) is 10.5. The van der Waals surface area contributed by atoms with Crippen LogP contribution in [0.25, 0.3) is 0 Å². The van der Waals surface area contributed by atoms with E-state index in [1.807, 2.05) is 26.8 Å². The standard InChI is InChI=1S/C30H36ClN3O4S/c1-5-6-18-32-30(36)24(4)33(20-25-8-7-9-26(31)19-25)29(35)21-34(27-14-10-22(2)11-15-27)39(37,38)28-16-12-23(3)13-17-28/h7-17,19,24H,5-6,18,20-21H2,1-4H3,(H,32,36)/t24-/m0/s1. The van der Waals surface area contributed by atoms with Crippen molar-refractivity contribution in [1.29, 1.82) is 0 Å². The monoisotopic (exact) mass is 569 g/mol. The first-order chi connectivity index (χ1) is 18.5. The van der Waals surface area contributed by atoms with Gasteiger partial charge in [-0.2, -0.15) is 0 Å². The number of benzene rings is 3. The van der Waals surface area contributed by atoms with Gasteiger partial charge < -0.3 is 10.2 Å². The quantitative estimate of drug-likeness (QED) is 0.292. The van der Waals surface area contributed by atoms with E-state index in [2.05, 4.69) is 5.32 Å². The summed E-state index contributed by atoms with van der Waals surface area (Å²) in [5.74, 6) is -0.813. The molecule has 0 heterocycles. The van der Waals surface area contributed by atoms with E-state index < -0.39 is 28.5 Å². The highest BCUT2D eigenvalue weighted by molar-refractivity contribution is 7.92. The number of rotatable bonds is 12. The lowest BCUT2D eigenvalue weighted by Crippen LogP contribution is -2.51. The topological polar surface area (TPSA) is 86.8 Å². The maximum atomic E-state index is 13.9. The van der Waals surface area contributed by atoms with E-state index in [0.29, 0.717) is 17.3 Å². The zero-order valence-electron chi connectivity index (χ0n) is 22.9. The predicted molar refractivity (Wildman–Crippen MR) is 156 cm³/mol. The first-order valence-corrected chi connectivity index (χ1v) is 14.8. The number of hydrogen-bond acceptors (Lipinski definition) is 4. The number of hydrogen-bond donors (Lipinski definition) is 1. The van der Waals surface area contributed by atoms with Gasteiger partial charge in [0.1, 0.15) is 12.6 Å². The van der Waals surface area contributed by atoms with Crippen LogP contribution in [0.2, 0.25) is 5.02 Å². The molecule has 0 fully saturated rings. The lowest BCUT2D eigenvalue weighted by molar-refractivity contribution is -0.139. The zero-order valence-corrected chi connectivity index (χ0v) is 24.4. The molecule has 3 rings (SSSR count). The number of nitrogens with one attached hydrogen (secondary N) is 1. The molecule has 0 unspecified atom stereocenters. The van der Waals surface area contributed by atoms with Crippen LogP contribution in [0.5, 0.6) is 0 Å². The largest absolute Gasteiger partial charge is 0.354 e.